The number of nitrogens with zero attached hydrogens (tertiary/aromatic N) is 4. The van der Waals surface area contributed by atoms with E-state index < -0.39 is 0 Å². The van der Waals surface area contributed by atoms with Crippen molar-refractivity contribution in [1.29, 1.82) is 0 Å². The molecule has 170 valence electrons. The average Bonchev–Trinajstić information content (AvgIpc) is 3.17. The van der Waals surface area contributed by atoms with Gasteiger partial charge in [-0.3, -0.25) is 0 Å². The van der Waals surface area contributed by atoms with Crippen LogP contribution in [0.15, 0.2) is 82.9 Å². The molecule has 3 aromatic carbocycles. The number of aliphatic imine (C=N–C) groups is 2. The largest absolute Gasteiger partial charge is 0.491 e. The highest BCUT2D eigenvalue weighted by atomic mass is 35.5. The zero-order valence-corrected chi connectivity index (χ0v) is 19.5. The normalized spacial score (nSPS) is 12.8. The molecule has 2 heterocycles. The Labute approximate surface area is 206 Å². The van der Waals surface area contributed by atoms with Crippen LogP contribution in [0.2, 0.25) is 10.0 Å². The van der Waals surface area contributed by atoms with E-state index in [4.69, 9.17) is 44.4 Å². The molecule has 4 N–H and O–H groups in total. The first kappa shape index (κ1) is 22.0. The average molecular weight is 491 g/mol. The van der Waals surface area contributed by atoms with Crippen LogP contribution in [0.3, 0.4) is 0 Å². The number of fused-ring (bicyclic) bond motifs is 3. The molecule has 0 bridgehead atoms. The lowest BCUT2D eigenvalue weighted by Gasteiger charge is -2.09. The van der Waals surface area contributed by atoms with E-state index in [0.29, 0.717) is 34.6 Å². The topological polar surface area (TPSA) is 104 Å². The van der Waals surface area contributed by atoms with E-state index in [0.717, 1.165) is 28.3 Å². The number of hydrogen-bond acceptors (Lipinski definition) is 3. The molecule has 1 aliphatic rings. The van der Waals surface area contributed by atoms with Crippen molar-refractivity contribution in [3.05, 3.63) is 88.7 Å². The number of amidine groups is 1. The number of rotatable bonds is 3. The Kier molecular flexibility index (Phi) is 5.96. The lowest BCUT2D eigenvalue weighted by atomic mass is 10.0. The van der Waals surface area contributed by atoms with Crippen LogP contribution in [0, 0.1) is 0 Å². The molecule has 0 radical (unpaired) electrons. The number of ether oxygens (including phenoxy) is 1. The fraction of sp³-hybridized carbons (Fsp3) is 0.0800. The predicted molar refractivity (Wildman–Crippen MR) is 137 cm³/mol. The van der Waals surface area contributed by atoms with Gasteiger partial charge in [0.25, 0.3) is 0 Å². The van der Waals surface area contributed by atoms with Crippen LogP contribution >= 0.6 is 23.2 Å². The molecule has 34 heavy (non-hydrogen) atoms. The Morgan fingerprint density at radius 1 is 0.971 bits per heavy atom. The van der Waals surface area contributed by atoms with E-state index in [1.807, 2.05) is 59.3 Å². The van der Waals surface area contributed by atoms with Crippen molar-refractivity contribution in [3.8, 4) is 28.3 Å². The maximum absolute atomic E-state index is 6.30. The van der Waals surface area contributed by atoms with Gasteiger partial charge < -0.3 is 20.8 Å². The third-order valence-electron chi connectivity index (χ3n) is 5.31. The summed E-state index contributed by atoms with van der Waals surface area (Å²) < 4.78 is 7.99. The fourth-order valence-corrected chi connectivity index (χ4v) is 4.04. The minimum Gasteiger partial charge on any atom is -0.491 e. The molecule has 5 rings (SSSR count). The van der Waals surface area contributed by atoms with E-state index in [2.05, 4.69) is 16.1 Å². The van der Waals surface area contributed by atoms with Crippen molar-refractivity contribution >= 4 is 40.7 Å². The third kappa shape index (κ3) is 4.48. The molecule has 0 atom stereocenters. The minimum atomic E-state index is -0.122. The summed E-state index contributed by atoms with van der Waals surface area (Å²) in [5, 5.41) is 1.17. The molecule has 7 nitrogen and oxygen atoms in total. The van der Waals surface area contributed by atoms with Crippen LogP contribution in [-0.2, 0) is 6.54 Å². The molecule has 0 amide bonds. The Hall–Kier alpha value is -3.81. The van der Waals surface area contributed by atoms with Crippen molar-refractivity contribution in [3.63, 3.8) is 0 Å². The first-order valence-electron chi connectivity index (χ1n) is 10.5. The van der Waals surface area contributed by atoms with Gasteiger partial charge in [0.2, 0.25) is 0 Å². The number of para-hydroxylation sites is 1. The summed E-state index contributed by atoms with van der Waals surface area (Å²) in [6.45, 7) is 1.10. The van der Waals surface area contributed by atoms with Crippen LogP contribution in [0.5, 0.6) is 5.75 Å². The minimum absolute atomic E-state index is 0.122. The van der Waals surface area contributed by atoms with Crippen molar-refractivity contribution < 1.29 is 4.74 Å². The molecule has 0 fully saturated rings. The number of aromatic nitrogens is 2. The van der Waals surface area contributed by atoms with Gasteiger partial charge in [0, 0.05) is 11.2 Å². The molecule has 0 spiro atoms. The first-order chi connectivity index (χ1) is 16.5. The number of halogens is 2. The van der Waals surface area contributed by atoms with Crippen LogP contribution < -0.4 is 16.2 Å². The molecule has 0 saturated heterocycles. The Bertz CT molecular complexity index is 1420. The van der Waals surface area contributed by atoms with Gasteiger partial charge in [0.1, 0.15) is 23.9 Å². The molecule has 1 aliphatic heterocycles. The molecule has 0 saturated carbocycles. The monoisotopic (exact) mass is 490 g/mol. The first-order valence-corrected chi connectivity index (χ1v) is 11.3. The zero-order chi connectivity index (χ0) is 23.7. The molecule has 1 aromatic heterocycles. The van der Waals surface area contributed by atoms with Crippen LogP contribution in [-0.4, -0.2) is 28.0 Å². The second-order valence-electron chi connectivity index (χ2n) is 7.63. The van der Waals surface area contributed by atoms with E-state index >= 15 is 0 Å². The molecular weight excluding hydrogens is 471 g/mol. The lowest BCUT2D eigenvalue weighted by Crippen LogP contribution is -2.24. The van der Waals surface area contributed by atoms with Crippen molar-refractivity contribution in [2.75, 3.05) is 6.61 Å². The summed E-state index contributed by atoms with van der Waals surface area (Å²) in [7, 11) is 0. The van der Waals surface area contributed by atoms with Gasteiger partial charge in [0.05, 0.1) is 22.8 Å². The van der Waals surface area contributed by atoms with Gasteiger partial charge in [-0.15, -0.1) is 0 Å². The molecule has 0 unspecified atom stereocenters. The molecule has 9 heteroatoms. The Balaban J connectivity index is 1.62. The SMILES string of the molecule is NC(N)=NC(=Nc1ccccc1Cl)c1cn2c(n1)-c1cc(-c3ccc(Cl)cc3)ccc1OCC2. The van der Waals surface area contributed by atoms with Crippen molar-refractivity contribution in [2.24, 2.45) is 21.5 Å². The second-order valence-corrected chi connectivity index (χ2v) is 8.48. The highest BCUT2D eigenvalue weighted by Gasteiger charge is 2.21. The summed E-state index contributed by atoms with van der Waals surface area (Å²) in [6.07, 6.45) is 1.87. The van der Waals surface area contributed by atoms with E-state index in [9.17, 15) is 0 Å². The quantitative estimate of drug-likeness (QED) is 0.301. The van der Waals surface area contributed by atoms with Crippen LogP contribution in [0.25, 0.3) is 22.5 Å². The highest BCUT2D eigenvalue weighted by molar-refractivity contribution is 6.33. The summed E-state index contributed by atoms with van der Waals surface area (Å²) in [5.41, 5.74) is 15.4. The van der Waals surface area contributed by atoms with Gasteiger partial charge in [0.15, 0.2) is 11.8 Å². The maximum atomic E-state index is 6.30. The summed E-state index contributed by atoms with van der Waals surface area (Å²) >= 11 is 12.4. The number of benzene rings is 3. The summed E-state index contributed by atoms with van der Waals surface area (Å²) in [4.78, 5) is 13.7. The molecular formula is C25H20Cl2N6O. The van der Waals surface area contributed by atoms with Crippen LogP contribution in [0.1, 0.15) is 5.69 Å². The highest BCUT2D eigenvalue weighted by Crippen LogP contribution is 2.36. The smallest absolute Gasteiger partial charge is 0.192 e. The Morgan fingerprint density at radius 2 is 1.74 bits per heavy atom. The van der Waals surface area contributed by atoms with E-state index in [1.165, 1.54) is 0 Å². The van der Waals surface area contributed by atoms with Crippen molar-refractivity contribution in [2.45, 2.75) is 6.54 Å². The predicted octanol–water partition coefficient (Wildman–Crippen LogP) is 5.27. The van der Waals surface area contributed by atoms with Gasteiger partial charge in [-0.05, 0) is 47.5 Å². The van der Waals surface area contributed by atoms with Gasteiger partial charge in [-0.2, -0.15) is 4.99 Å². The van der Waals surface area contributed by atoms with Crippen molar-refractivity contribution in [1.82, 2.24) is 9.55 Å². The summed E-state index contributed by atoms with van der Waals surface area (Å²) in [6, 6.07) is 20.9. The zero-order valence-electron chi connectivity index (χ0n) is 18.0. The number of guanidine groups is 1. The molecule has 4 aromatic rings. The lowest BCUT2D eigenvalue weighted by molar-refractivity contribution is 0.306. The molecule has 0 aliphatic carbocycles. The van der Waals surface area contributed by atoms with Gasteiger partial charge in [-0.25, -0.2) is 9.98 Å². The number of imidazole rings is 1. The second kappa shape index (κ2) is 9.21. The van der Waals surface area contributed by atoms with E-state index in [-0.39, 0.29) is 11.8 Å². The van der Waals surface area contributed by atoms with Gasteiger partial charge in [-0.1, -0.05) is 53.5 Å². The standard InChI is InChI=1S/C25H20Cl2N6O/c26-17-8-5-15(6-9-17)16-7-10-22-18(13-16)24-31-21(14-33(24)11-12-34-22)23(32-25(28)29)30-20-4-2-1-3-19(20)27/h1-10,13-14H,11-12H2,(H4,28,29,30,32). The number of nitrogens with two attached hydrogens (primary N) is 2. The Morgan fingerprint density at radius 3 is 2.50 bits per heavy atom. The third-order valence-corrected chi connectivity index (χ3v) is 5.88. The maximum Gasteiger partial charge on any atom is 0.192 e. The van der Waals surface area contributed by atoms with Crippen LogP contribution in [0.4, 0.5) is 5.69 Å². The fourth-order valence-electron chi connectivity index (χ4n) is 3.73. The number of hydrogen-bond donors (Lipinski definition) is 2. The summed E-state index contributed by atoms with van der Waals surface area (Å²) in [5.74, 6) is 1.63. The van der Waals surface area contributed by atoms with Gasteiger partial charge >= 0.3 is 0 Å². The van der Waals surface area contributed by atoms with E-state index in [1.54, 1.807) is 12.1 Å².